The van der Waals surface area contributed by atoms with Gasteiger partial charge in [0.2, 0.25) is 0 Å². The minimum absolute atomic E-state index is 0.0458. The number of likely N-dealkylation sites (tertiary alicyclic amines) is 1. The molecule has 4 rings (SSSR count). The van der Waals surface area contributed by atoms with E-state index in [1.54, 1.807) is 0 Å². The maximum atomic E-state index is 13.1. The van der Waals surface area contributed by atoms with E-state index >= 15 is 0 Å². The summed E-state index contributed by atoms with van der Waals surface area (Å²) in [6.07, 6.45) is 3.22. The van der Waals surface area contributed by atoms with Crippen molar-refractivity contribution in [3.8, 4) is 0 Å². The van der Waals surface area contributed by atoms with Gasteiger partial charge in [-0.25, -0.2) is 9.97 Å². The lowest BCUT2D eigenvalue weighted by Gasteiger charge is -2.31. The summed E-state index contributed by atoms with van der Waals surface area (Å²) in [5, 5.41) is 13.5. The number of carbonyl (C=O) groups is 1. The molecule has 0 aromatic carbocycles. The number of furan rings is 1. The van der Waals surface area contributed by atoms with Crippen LogP contribution in [-0.2, 0) is 6.54 Å². The third kappa shape index (κ3) is 3.62. The molecule has 0 radical (unpaired) electrons. The van der Waals surface area contributed by atoms with E-state index in [0.717, 1.165) is 45.0 Å². The summed E-state index contributed by atoms with van der Waals surface area (Å²) in [4.78, 5) is 25.2. The smallest absolute Gasteiger partial charge is 0.264 e. The van der Waals surface area contributed by atoms with Crippen molar-refractivity contribution in [2.24, 2.45) is 5.92 Å². The predicted molar refractivity (Wildman–Crippen MR) is 109 cm³/mol. The quantitative estimate of drug-likeness (QED) is 0.682. The highest BCUT2D eigenvalue weighted by atomic mass is 32.1. The molecule has 0 atom stereocenters. The van der Waals surface area contributed by atoms with Crippen LogP contribution in [0.15, 0.2) is 22.9 Å². The second-order valence-corrected chi connectivity index (χ2v) is 8.24. The second kappa shape index (κ2) is 7.89. The number of aromatic nitrogens is 2. The Labute approximate surface area is 167 Å². The normalized spacial score (nSPS) is 15.3. The van der Waals surface area contributed by atoms with Crippen LogP contribution in [0.5, 0.6) is 0 Å². The van der Waals surface area contributed by atoms with Crippen molar-refractivity contribution >= 4 is 33.3 Å². The van der Waals surface area contributed by atoms with Crippen LogP contribution in [-0.4, -0.2) is 45.6 Å². The fraction of sp³-hybridized carbons (Fsp3) is 0.450. The average Bonchev–Trinajstić information content (AvgIpc) is 3.29. The molecular weight excluding hydrogens is 376 g/mol. The van der Waals surface area contributed by atoms with Gasteiger partial charge in [0.15, 0.2) is 0 Å². The van der Waals surface area contributed by atoms with Crippen LogP contribution >= 0.6 is 11.3 Å². The molecule has 1 amide bonds. The van der Waals surface area contributed by atoms with E-state index in [0.29, 0.717) is 31.4 Å². The van der Waals surface area contributed by atoms with Crippen LogP contribution in [0.2, 0.25) is 0 Å². The van der Waals surface area contributed by atoms with Crippen LogP contribution in [0, 0.1) is 19.8 Å². The lowest BCUT2D eigenvalue weighted by Crippen LogP contribution is -2.39. The molecule has 7 nitrogen and oxygen atoms in total. The molecule has 1 aliphatic rings. The average molecular weight is 401 g/mol. The van der Waals surface area contributed by atoms with Gasteiger partial charge in [-0.1, -0.05) is 0 Å². The SMILES string of the molecule is Cc1ccc(CNc2ncnc3sc(C(=O)N4CCC(CO)CC4)c(C)c23)o1. The van der Waals surface area contributed by atoms with Gasteiger partial charge in [-0.3, -0.25) is 4.79 Å². The van der Waals surface area contributed by atoms with E-state index in [9.17, 15) is 9.90 Å². The zero-order chi connectivity index (χ0) is 19.7. The molecule has 148 valence electrons. The fourth-order valence-corrected chi connectivity index (χ4v) is 4.74. The van der Waals surface area contributed by atoms with Crippen LogP contribution in [0.4, 0.5) is 5.82 Å². The highest BCUT2D eigenvalue weighted by Gasteiger charge is 2.27. The van der Waals surface area contributed by atoms with E-state index < -0.39 is 0 Å². The zero-order valence-corrected chi connectivity index (χ0v) is 16.9. The van der Waals surface area contributed by atoms with Gasteiger partial charge in [0.1, 0.15) is 28.5 Å². The molecule has 3 aromatic rings. The largest absolute Gasteiger partial charge is 0.465 e. The highest BCUT2D eigenvalue weighted by molar-refractivity contribution is 7.20. The van der Waals surface area contributed by atoms with E-state index in [4.69, 9.17) is 4.42 Å². The van der Waals surface area contributed by atoms with Gasteiger partial charge in [-0.05, 0) is 50.3 Å². The van der Waals surface area contributed by atoms with E-state index in [-0.39, 0.29) is 12.5 Å². The number of nitrogens with one attached hydrogen (secondary N) is 1. The standard InChI is InChI=1S/C20H24N4O3S/c1-12-3-4-15(27-12)9-21-18-16-13(2)17(28-19(16)23-11-22-18)20(26)24-7-5-14(10-25)6-8-24/h3-4,11,14,25H,5-10H2,1-2H3,(H,21,22,23). The Kier molecular flexibility index (Phi) is 5.32. The number of amides is 1. The predicted octanol–water partition coefficient (Wildman–Crippen LogP) is 3.36. The Bertz CT molecular complexity index is 989. The molecule has 1 aliphatic heterocycles. The first-order chi connectivity index (χ1) is 13.6. The molecule has 0 unspecified atom stereocenters. The maximum absolute atomic E-state index is 13.1. The summed E-state index contributed by atoms with van der Waals surface area (Å²) >= 11 is 1.42. The summed E-state index contributed by atoms with van der Waals surface area (Å²) in [5.41, 5.74) is 0.910. The number of anilines is 1. The number of thiophene rings is 1. The number of hydrogen-bond donors (Lipinski definition) is 2. The lowest BCUT2D eigenvalue weighted by atomic mass is 9.97. The minimum Gasteiger partial charge on any atom is -0.465 e. The van der Waals surface area contributed by atoms with Gasteiger partial charge in [0.05, 0.1) is 16.8 Å². The highest BCUT2D eigenvalue weighted by Crippen LogP contribution is 2.34. The van der Waals surface area contributed by atoms with Crippen molar-refractivity contribution < 1.29 is 14.3 Å². The van der Waals surface area contributed by atoms with Crippen molar-refractivity contribution in [2.75, 3.05) is 25.0 Å². The van der Waals surface area contributed by atoms with Gasteiger partial charge < -0.3 is 19.7 Å². The number of aliphatic hydroxyl groups excluding tert-OH is 1. The van der Waals surface area contributed by atoms with Crippen molar-refractivity contribution in [3.05, 3.63) is 40.4 Å². The summed E-state index contributed by atoms with van der Waals surface area (Å²) in [7, 11) is 0. The summed E-state index contributed by atoms with van der Waals surface area (Å²) in [5.74, 6) is 2.77. The van der Waals surface area contributed by atoms with Gasteiger partial charge >= 0.3 is 0 Å². The number of aliphatic hydroxyl groups is 1. The lowest BCUT2D eigenvalue weighted by molar-refractivity contribution is 0.0655. The first kappa shape index (κ1) is 18.9. The number of rotatable bonds is 5. The Morgan fingerprint density at radius 1 is 1.32 bits per heavy atom. The third-order valence-corrected chi connectivity index (χ3v) is 6.49. The van der Waals surface area contributed by atoms with Crippen molar-refractivity contribution in [3.63, 3.8) is 0 Å². The topological polar surface area (TPSA) is 91.5 Å². The van der Waals surface area contributed by atoms with E-state index in [1.165, 1.54) is 17.7 Å². The van der Waals surface area contributed by atoms with E-state index in [1.807, 2.05) is 30.9 Å². The molecule has 8 heteroatoms. The minimum atomic E-state index is 0.0458. The van der Waals surface area contributed by atoms with Crippen LogP contribution < -0.4 is 5.32 Å². The van der Waals surface area contributed by atoms with Gasteiger partial charge in [-0.15, -0.1) is 11.3 Å². The first-order valence-electron chi connectivity index (χ1n) is 9.50. The molecule has 2 N–H and O–H groups in total. The molecule has 28 heavy (non-hydrogen) atoms. The van der Waals surface area contributed by atoms with E-state index in [2.05, 4.69) is 15.3 Å². The summed E-state index contributed by atoms with van der Waals surface area (Å²) in [6, 6.07) is 3.87. The van der Waals surface area contributed by atoms with Gasteiger partial charge in [0.25, 0.3) is 5.91 Å². The Balaban J connectivity index is 1.57. The molecule has 0 saturated carbocycles. The van der Waals surface area contributed by atoms with Crippen LogP contribution in [0.3, 0.4) is 0 Å². The third-order valence-electron chi connectivity index (χ3n) is 5.31. The molecule has 1 fully saturated rings. The zero-order valence-electron chi connectivity index (χ0n) is 16.1. The van der Waals surface area contributed by atoms with Gasteiger partial charge in [0, 0.05) is 19.7 Å². The van der Waals surface area contributed by atoms with Crippen LogP contribution in [0.1, 0.15) is 39.6 Å². The van der Waals surface area contributed by atoms with Crippen molar-refractivity contribution in [1.29, 1.82) is 0 Å². The molecule has 0 aliphatic carbocycles. The first-order valence-corrected chi connectivity index (χ1v) is 10.3. The molecular formula is C20H24N4O3S. The van der Waals surface area contributed by atoms with Crippen molar-refractivity contribution in [1.82, 2.24) is 14.9 Å². The monoisotopic (exact) mass is 400 g/mol. The number of fused-ring (bicyclic) bond motifs is 1. The van der Waals surface area contributed by atoms with Gasteiger partial charge in [-0.2, -0.15) is 0 Å². The maximum Gasteiger partial charge on any atom is 0.264 e. The molecule has 0 bridgehead atoms. The Morgan fingerprint density at radius 3 is 2.79 bits per heavy atom. The number of piperidine rings is 1. The number of hydrogen-bond acceptors (Lipinski definition) is 7. The molecule has 1 saturated heterocycles. The molecule has 4 heterocycles. The number of carbonyl (C=O) groups excluding carboxylic acids is 1. The Hall–Kier alpha value is -2.45. The van der Waals surface area contributed by atoms with Crippen LogP contribution in [0.25, 0.3) is 10.2 Å². The number of aryl methyl sites for hydroxylation is 2. The second-order valence-electron chi connectivity index (χ2n) is 7.24. The number of nitrogens with zero attached hydrogens (tertiary/aromatic N) is 3. The summed E-state index contributed by atoms with van der Waals surface area (Å²) < 4.78 is 5.61. The summed E-state index contributed by atoms with van der Waals surface area (Å²) in [6.45, 7) is 5.96. The fourth-order valence-electron chi connectivity index (χ4n) is 3.62. The molecule has 0 spiro atoms. The molecule has 3 aromatic heterocycles. The Morgan fingerprint density at radius 2 is 2.11 bits per heavy atom. The van der Waals surface area contributed by atoms with Crippen molar-refractivity contribution in [2.45, 2.75) is 33.2 Å².